The maximum atomic E-state index is 11.5. The number of nitrogens with zero attached hydrogens (tertiary/aromatic N) is 2. The zero-order valence-corrected chi connectivity index (χ0v) is 10.5. The van der Waals surface area contributed by atoms with Crippen LogP contribution in [0.1, 0.15) is 16.8 Å². The smallest absolute Gasteiger partial charge is 0.340 e. The molecule has 0 saturated carbocycles. The maximum Gasteiger partial charge on any atom is 0.340 e. The molecule has 0 aliphatic carbocycles. The molecule has 6 heteroatoms. The lowest BCUT2D eigenvalue weighted by Crippen LogP contribution is -2.25. The Morgan fingerprint density at radius 2 is 2.33 bits per heavy atom. The van der Waals surface area contributed by atoms with Crippen LogP contribution < -0.4 is 10.6 Å². The Bertz CT molecular complexity index is 450. The summed E-state index contributed by atoms with van der Waals surface area (Å²) in [7, 11) is 3.02. The molecule has 18 heavy (non-hydrogen) atoms. The molecule has 2 rings (SSSR count). The van der Waals surface area contributed by atoms with Crippen molar-refractivity contribution in [2.24, 2.45) is 0 Å². The third-order valence-corrected chi connectivity index (χ3v) is 3.15. The largest absolute Gasteiger partial charge is 0.465 e. The Morgan fingerprint density at radius 1 is 1.56 bits per heavy atom. The summed E-state index contributed by atoms with van der Waals surface area (Å²) in [6, 6.07) is 1.56. The molecule has 1 aliphatic heterocycles. The van der Waals surface area contributed by atoms with Crippen LogP contribution in [0.2, 0.25) is 0 Å². The number of esters is 1. The van der Waals surface area contributed by atoms with Gasteiger partial charge in [-0.05, 0) is 12.5 Å². The molecule has 0 radical (unpaired) electrons. The number of pyridine rings is 1. The van der Waals surface area contributed by atoms with Crippen molar-refractivity contribution in [1.82, 2.24) is 4.98 Å². The number of ether oxygens (including phenoxy) is 2. The van der Waals surface area contributed by atoms with Crippen molar-refractivity contribution >= 4 is 17.5 Å². The van der Waals surface area contributed by atoms with E-state index in [4.69, 9.17) is 10.5 Å². The van der Waals surface area contributed by atoms with E-state index in [1.54, 1.807) is 19.4 Å². The van der Waals surface area contributed by atoms with Gasteiger partial charge in [0.25, 0.3) is 0 Å². The standard InChI is InChI=1S/C12H17N3O3/c1-17-8-4-6-15(7-8)11-10(13)9(3-5-14-11)12(16)18-2/h3,5,8H,4,6-7,13H2,1-2H3. The molecule has 0 spiro atoms. The first kappa shape index (κ1) is 12.6. The topological polar surface area (TPSA) is 77.7 Å². The monoisotopic (exact) mass is 251 g/mol. The molecule has 1 fully saturated rings. The van der Waals surface area contributed by atoms with Gasteiger partial charge in [-0.2, -0.15) is 0 Å². The van der Waals surface area contributed by atoms with Gasteiger partial charge >= 0.3 is 5.97 Å². The Balaban J connectivity index is 2.27. The van der Waals surface area contributed by atoms with Crippen molar-refractivity contribution in [2.45, 2.75) is 12.5 Å². The molecule has 1 aromatic rings. The van der Waals surface area contributed by atoms with Crippen LogP contribution in [-0.2, 0) is 9.47 Å². The molecule has 0 amide bonds. The second kappa shape index (κ2) is 5.22. The molecule has 0 aromatic carbocycles. The summed E-state index contributed by atoms with van der Waals surface area (Å²) < 4.78 is 9.99. The Morgan fingerprint density at radius 3 is 2.94 bits per heavy atom. The Kier molecular flexibility index (Phi) is 3.66. The van der Waals surface area contributed by atoms with Crippen LogP contribution in [0.3, 0.4) is 0 Å². The Labute approximate surface area is 106 Å². The molecule has 1 atom stereocenters. The molecule has 1 aliphatic rings. The first-order valence-corrected chi connectivity index (χ1v) is 5.78. The highest BCUT2D eigenvalue weighted by molar-refractivity contribution is 5.97. The molecule has 0 bridgehead atoms. The van der Waals surface area contributed by atoms with Crippen molar-refractivity contribution in [2.75, 3.05) is 37.9 Å². The SMILES string of the molecule is COC(=O)c1ccnc(N2CCC(OC)C2)c1N. The molecule has 1 saturated heterocycles. The number of aromatic nitrogens is 1. The van der Waals surface area contributed by atoms with Crippen LogP contribution in [0.25, 0.3) is 0 Å². The third kappa shape index (κ3) is 2.24. The third-order valence-electron chi connectivity index (χ3n) is 3.15. The molecule has 6 nitrogen and oxygen atoms in total. The summed E-state index contributed by atoms with van der Waals surface area (Å²) in [5.74, 6) is 0.177. The van der Waals surface area contributed by atoms with E-state index in [0.717, 1.165) is 19.5 Å². The van der Waals surface area contributed by atoms with E-state index in [-0.39, 0.29) is 6.10 Å². The molecular weight excluding hydrogens is 234 g/mol. The van der Waals surface area contributed by atoms with Gasteiger partial charge in [-0.15, -0.1) is 0 Å². The first-order chi connectivity index (χ1) is 8.67. The van der Waals surface area contributed by atoms with Crippen LogP contribution >= 0.6 is 0 Å². The van der Waals surface area contributed by atoms with Gasteiger partial charge in [-0.1, -0.05) is 0 Å². The predicted octanol–water partition coefficient (Wildman–Crippen LogP) is 0.675. The number of hydrogen-bond acceptors (Lipinski definition) is 6. The zero-order valence-electron chi connectivity index (χ0n) is 10.5. The van der Waals surface area contributed by atoms with Gasteiger partial charge < -0.3 is 20.1 Å². The average Bonchev–Trinajstić information content (AvgIpc) is 2.86. The minimum absolute atomic E-state index is 0.188. The van der Waals surface area contributed by atoms with Crippen molar-refractivity contribution in [3.63, 3.8) is 0 Å². The lowest BCUT2D eigenvalue weighted by Gasteiger charge is -2.19. The quantitative estimate of drug-likeness (QED) is 0.796. The van der Waals surface area contributed by atoms with Crippen LogP contribution in [-0.4, -0.2) is 44.4 Å². The van der Waals surface area contributed by atoms with Crippen LogP contribution in [0.5, 0.6) is 0 Å². The molecular formula is C12H17N3O3. The number of carbonyl (C=O) groups excluding carboxylic acids is 1. The second-order valence-corrected chi connectivity index (χ2v) is 4.18. The van der Waals surface area contributed by atoms with E-state index in [2.05, 4.69) is 9.72 Å². The average molecular weight is 251 g/mol. The van der Waals surface area contributed by atoms with Crippen LogP contribution in [0.4, 0.5) is 11.5 Å². The van der Waals surface area contributed by atoms with E-state index >= 15 is 0 Å². The molecule has 98 valence electrons. The number of carbonyl (C=O) groups is 1. The first-order valence-electron chi connectivity index (χ1n) is 5.78. The van der Waals surface area contributed by atoms with E-state index in [1.165, 1.54) is 7.11 Å². The highest BCUT2D eigenvalue weighted by atomic mass is 16.5. The molecule has 1 aromatic heterocycles. The normalized spacial score (nSPS) is 19.0. The van der Waals surface area contributed by atoms with Crippen molar-refractivity contribution in [3.05, 3.63) is 17.8 Å². The zero-order chi connectivity index (χ0) is 13.1. The number of hydrogen-bond donors (Lipinski definition) is 1. The minimum atomic E-state index is -0.446. The highest BCUT2D eigenvalue weighted by Crippen LogP contribution is 2.28. The lowest BCUT2D eigenvalue weighted by molar-refractivity contribution is 0.0602. The van der Waals surface area contributed by atoms with Crippen molar-refractivity contribution in [3.8, 4) is 0 Å². The molecule has 1 unspecified atom stereocenters. The maximum absolute atomic E-state index is 11.5. The number of nitrogen functional groups attached to an aromatic ring is 1. The van der Waals surface area contributed by atoms with E-state index in [0.29, 0.717) is 17.1 Å². The summed E-state index contributed by atoms with van der Waals surface area (Å²) in [6.45, 7) is 1.55. The van der Waals surface area contributed by atoms with Gasteiger partial charge in [-0.25, -0.2) is 9.78 Å². The van der Waals surface area contributed by atoms with Gasteiger partial charge in [0.15, 0.2) is 5.82 Å². The summed E-state index contributed by atoms with van der Waals surface area (Å²) in [4.78, 5) is 17.8. The van der Waals surface area contributed by atoms with Gasteiger partial charge in [0.05, 0.1) is 24.5 Å². The van der Waals surface area contributed by atoms with Crippen molar-refractivity contribution in [1.29, 1.82) is 0 Å². The predicted molar refractivity (Wildman–Crippen MR) is 67.6 cm³/mol. The number of methoxy groups -OCH3 is 2. The number of nitrogens with two attached hydrogens (primary N) is 1. The lowest BCUT2D eigenvalue weighted by atomic mass is 10.2. The molecule has 2 heterocycles. The molecule has 2 N–H and O–H groups in total. The van der Waals surface area contributed by atoms with Crippen molar-refractivity contribution < 1.29 is 14.3 Å². The summed E-state index contributed by atoms with van der Waals surface area (Å²) in [5, 5.41) is 0. The number of anilines is 2. The summed E-state index contributed by atoms with van der Waals surface area (Å²) in [6.07, 6.45) is 2.69. The van der Waals surface area contributed by atoms with Crippen LogP contribution in [0.15, 0.2) is 12.3 Å². The fourth-order valence-electron chi connectivity index (χ4n) is 2.12. The summed E-state index contributed by atoms with van der Waals surface area (Å²) >= 11 is 0. The van der Waals surface area contributed by atoms with Crippen LogP contribution in [0, 0.1) is 0 Å². The Hall–Kier alpha value is -1.82. The van der Waals surface area contributed by atoms with Gasteiger partial charge in [0.1, 0.15) is 0 Å². The van der Waals surface area contributed by atoms with Gasteiger partial charge in [0, 0.05) is 26.4 Å². The highest BCUT2D eigenvalue weighted by Gasteiger charge is 2.26. The minimum Gasteiger partial charge on any atom is -0.465 e. The number of rotatable bonds is 3. The second-order valence-electron chi connectivity index (χ2n) is 4.18. The van der Waals surface area contributed by atoms with E-state index in [1.807, 2.05) is 4.90 Å². The fraction of sp³-hybridized carbons (Fsp3) is 0.500. The summed E-state index contributed by atoms with van der Waals surface area (Å²) in [5.41, 5.74) is 6.69. The van der Waals surface area contributed by atoms with Gasteiger partial charge in [-0.3, -0.25) is 0 Å². The van der Waals surface area contributed by atoms with E-state index < -0.39 is 5.97 Å². The van der Waals surface area contributed by atoms with E-state index in [9.17, 15) is 4.79 Å². The fourth-order valence-corrected chi connectivity index (χ4v) is 2.12. The van der Waals surface area contributed by atoms with Gasteiger partial charge in [0.2, 0.25) is 0 Å².